The summed E-state index contributed by atoms with van der Waals surface area (Å²) < 4.78 is 13.4. The minimum absolute atomic E-state index is 0.0142. The monoisotopic (exact) mass is 258 g/mol. The second-order valence-electron chi connectivity index (χ2n) is 3.04. The van der Waals surface area contributed by atoms with Crippen LogP contribution in [-0.4, -0.2) is 38.3 Å². The summed E-state index contributed by atoms with van der Waals surface area (Å²) in [4.78, 5) is 0.974. The highest BCUT2D eigenvalue weighted by Gasteiger charge is 2.14. The quantitative estimate of drug-likeness (QED) is 0.836. The van der Waals surface area contributed by atoms with E-state index in [2.05, 4.69) is 8.75 Å². The first-order valence-electron chi connectivity index (χ1n) is 4.59. The molecule has 16 heavy (non-hydrogen) atoms. The van der Waals surface area contributed by atoms with Gasteiger partial charge in [0.25, 0.3) is 5.88 Å². The Balaban J connectivity index is 2.08. The third-order valence-electron chi connectivity index (χ3n) is 1.84. The maximum Gasteiger partial charge on any atom is 0.254 e. The molecule has 1 unspecified atom stereocenters. The lowest BCUT2D eigenvalue weighted by molar-refractivity contribution is 0.0526. The molecule has 0 saturated heterocycles. The van der Waals surface area contributed by atoms with Crippen molar-refractivity contribution in [3.05, 3.63) is 17.5 Å². The molecule has 7 heteroatoms. The zero-order valence-corrected chi connectivity index (χ0v) is 9.87. The first kappa shape index (κ1) is 11.5. The fraction of sp³-hybridized carbons (Fsp3) is 0.333. The van der Waals surface area contributed by atoms with E-state index in [1.165, 1.54) is 0 Å². The maximum absolute atomic E-state index is 9.16. The highest BCUT2D eigenvalue weighted by Crippen LogP contribution is 2.31. The Morgan fingerprint density at radius 1 is 1.44 bits per heavy atom. The van der Waals surface area contributed by atoms with E-state index in [1.54, 1.807) is 11.3 Å². The molecule has 2 N–H and O–H groups in total. The summed E-state index contributed by atoms with van der Waals surface area (Å²) in [5, 5.41) is 19.8. The Kier molecular flexibility index (Phi) is 3.83. The molecule has 0 spiro atoms. The predicted octanol–water partition coefficient (Wildman–Crippen LogP) is 0.999. The molecule has 0 bridgehead atoms. The summed E-state index contributed by atoms with van der Waals surface area (Å²) in [5.74, 6) is 0.403. The van der Waals surface area contributed by atoms with Crippen LogP contribution in [0.2, 0.25) is 0 Å². The van der Waals surface area contributed by atoms with Gasteiger partial charge in [-0.25, -0.2) is 0 Å². The molecule has 2 rings (SSSR count). The van der Waals surface area contributed by atoms with Gasteiger partial charge >= 0.3 is 0 Å². The van der Waals surface area contributed by atoms with Crippen LogP contribution in [0.5, 0.6) is 5.88 Å². The smallest absolute Gasteiger partial charge is 0.254 e. The Labute approximate surface area is 100 Å². The first-order chi connectivity index (χ1) is 7.81. The number of hydrogen-bond donors (Lipinski definition) is 2. The van der Waals surface area contributed by atoms with Crippen molar-refractivity contribution in [1.82, 2.24) is 8.75 Å². The van der Waals surface area contributed by atoms with Crippen LogP contribution in [0.25, 0.3) is 10.6 Å². The number of thiophene rings is 1. The van der Waals surface area contributed by atoms with Gasteiger partial charge < -0.3 is 14.9 Å². The number of aliphatic hydroxyl groups is 2. The highest BCUT2D eigenvalue weighted by atomic mass is 32.1. The third kappa shape index (κ3) is 2.56. The van der Waals surface area contributed by atoms with Crippen LogP contribution in [0.3, 0.4) is 0 Å². The van der Waals surface area contributed by atoms with Gasteiger partial charge in [-0.05, 0) is 11.4 Å². The highest BCUT2D eigenvalue weighted by molar-refractivity contribution is 7.13. The fourth-order valence-electron chi connectivity index (χ4n) is 1.07. The van der Waals surface area contributed by atoms with E-state index in [0.29, 0.717) is 11.6 Å². The molecule has 86 valence electrons. The standard InChI is InChI=1S/C9H10N2O3S2/c12-4-6(13)5-14-9-8(10-16-11-9)7-2-1-3-15-7/h1-3,6,12-13H,4-5H2. The molecule has 0 aliphatic carbocycles. The van der Waals surface area contributed by atoms with Crippen molar-refractivity contribution in [3.63, 3.8) is 0 Å². The van der Waals surface area contributed by atoms with Gasteiger partial charge in [0, 0.05) is 0 Å². The topological polar surface area (TPSA) is 75.5 Å². The van der Waals surface area contributed by atoms with Gasteiger partial charge in [0.1, 0.15) is 12.7 Å². The van der Waals surface area contributed by atoms with Crippen LogP contribution >= 0.6 is 23.1 Å². The van der Waals surface area contributed by atoms with Gasteiger partial charge in [0.2, 0.25) is 0 Å². The normalized spacial score (nSPS) is 12.6. The van der Waals surface area contributed by atoms with Gasteiger partial charge in [0.05, 0.1) is 23.2 Å². The predicted molar refractivity (Wildman–Crippen MR) is 61.8 cm³/mol. The lowest BCUT2D eigenvalue weighted by Crippen LogP contribution is -2.21. The number of ether oxygens (including phenoxy) is 1. The van der Waals surface area contributed by atoms with Crippen LogP contribution in [0.15, 0.2) is 17.5 Å². The summed E-state index contributed by atoms with van der Waals surface area (Å²) in [6.07, 6.45) is -0.891. The van der Waals surface area contributed by atoms with Crippen molar-refractivity contribution in [2.24, 2.45) is 0 Å². The fourth-order valence-corrected chi connectivity index (χ4v) is 2.34. The van der Waals surface area contributed by atoms with E-state index >= 15 is 0 Å². The molecule has 0 fully saturated rings. The van der Waals surface area contributed by atoms with Gasteiger partial charge in [-0.15, -0.1) is 15.7 Å². The summed E-state index contributed by atoms with van der Waals surface area (Å²) in [6.45, 7) is -0.313. The molecular weight excluding hydrogens is 248 g/mol. The summed E-state index contributed by atoms with van der Waals surface area (Å²) >= 11 is 2.61. The van der Waals surface area contributed by atoms with Crippen molar-refractivity contribution < 1.29 is 14.9 Å². The number of aliphatic hydroxyl groups excluding tert-OH is 2. The Morgan fingerprint density at radius 2 is 2.31 bits per heavy atom. The number of rotatable bonds is 5. The van der Waals surface area contributed by atoms with Gasteiger partial charge in [-0.2, -0.15) is 4.37 Å². The Morgan fingerprint density at radius 3 is 3.00 bits per heavy atom. The lowest BCUT2D eigenvalue weighted by atomic mass is 10.3. The zero-order chi connectivity index (χ0) is 11.4. The number of hydrogen-bond acceptors (Lipinski definition) is 7. The molecule has 0 radical (unpaired) electrons. The van der Waals surface area contributed by atoms with Crippen LogP contribution in [-0.2, 0) is 0 Å². The van der Waals surface area contributed by atoms with Crippen molar-refractivity contribution in [3.8, 4) is 16.5 Å². The Bertz CT molecular complexity index is 430. The zero-order valence-electron chi connectivity index (χ0n) is 8.24. The second kappa shape index (κ2) is 5.35. The molecule has 2 aromatic heterocycles. The molecule has 0 aliphatic rings. The number of aromatic nitrogens is 2. The molecule has 0 saturated carbocycles. The number of nitrogens with zero attached hydrogens (tertiary/aromatic N) is 2. The van der Waals surface area contributed by atoms with E-state index in [4.69, 9.17) is 14.9 Å². The molecule has 2 heterocycles. The van der Waals surface area contributed by atoms with Crippen molar-refractivity contribution >= 4 is 23.1 Å². The molecule has 2 aromatic rings. The van der Waals surface area contributed by atoms with Crippen LogP contribution in [0, 0.1) is 0 Å². The van der Waals surface area contributed by atoms with Crippen molar-refractivity contribution in [2.45, 2.75) is 6.10 Å². The van der Waals surface area contributed by atoms with Crippen LogP contribution in [0.4, 0.5) is 0 Å². The minimum atomic E-state index is -0.891. The first-order valence-corrected chi connectivity index (χ1v) is 6.20. The minimum Gasteiger partial charge on any atom is -0.473 e. The lowest BCUT2D eigenvalue weighted by Gasteiger charge is -2.07. The maximum atomic E-state index is 9.16. The van der Waals surface area contributed by atoms with Gasteiger partial charge in [-0.3, -0.25) is 0 Å². The molecule has 1 atom stereocenters. The molecule has 0 aromatic carbocycles. The largest absolute Gasteiger partial charge is 0.473 e. The average Bonchev–Trinajstić information content (AvgIpc) is 2.95. The van der Waals surface area contributed by atoms with Crippen molar-refractivity contribution in [2.75, 3.05) is 13.2 Å². The summed E-state index contributed by atoms with van der Waals surface area (Å²) in [7, 11) is 0. The van der Waals surface area contributed by atoms with Crippen LogP contribution in [0.1, 0.15) is 0 Å². The molecule has 5 nitrogen and oxygen atoms in total. The van der Waals surface area contributed by atoms with E-state index in [-0.39, 0.29) is 13.2 Å². The van der Waals surface area contributed by atoms with Gasteiger partial charge in [0.15, 0.2) is 5.69 Å². The molecular formula is C9H10N2O3S2. The Hall–Kier alpha value is -1.02. The SMILES string of the molecule is OCC(O)COc1nsnc1-c1cccs1. The van der Waals surface area contributed by atoms with E-state index in [0.717, 1.165) is 16.6 Å². The van der Waals surface area contributed by atoms with Crippen LogP contribution < -0.4 is 4.74 Å². The second-order valence-corrected chi connectivity index (χ2v) is 4.52. The van der Waals surface area contributed by atoms with E-state index in [9.17, 15) is 0 Å². The molecule has 0 aliphatic heterocycles. The summed E-state index contributed by atoms with van der Waals surface area (Å²) in [5.41, 5.74) is 0.685. The van der Waals surface area contributed by atoms with Crippen molar-refractivity contribution in [1.29, 1.82) is 0 Å². The third-order valence-corrected chi connectivity index (χ3v) is 3.22. The van der Waals surface area contributed by atoms with E-state index in [1.807, 2.05) is 17.5 Å². The average molecular weight is 258 g/mol. The summed E-state index contributed by atoms with van der Waals surface area (Å²) in [6, 6.07) is 3.85. The molecule has 0 amide bonds. The van der Waals surface area contributed by atoms with Gasteiger partial charge in [-0.1, -0.05) is 6.07 Å². The van der Waals surface area contributed by atoms with E-state index < -0.39 is 6.10 Å².